The van der Waals surface area contributed by atoms with E-state index in [9.17, 15) is 0 Å². The maximum atomic E-state index is 6.05. The molecular weight excluding hydrogens is 488 g/mol. The van der Waals surface area contributed by atoms with Crippen LogP contribution in [0.5, 0.6) is 0 Å². The lowest BCUT2D eigenvalue weighted by atomic mass is 10.3. The molecular formula is C14H9BrCl2IN3. The Morgan fingerprint density at radius 1 is 1.29 bits per heavy atom. The number of nitrogens with zero attached hydrogens (tertiary/aromatic N) is 3. The highest BCUT2D eigenvalue weighted by molar-refractivity contribution is 14.1. The Labute approximate surface area is 153 Å². The zero-order chi connectivity index (χ0) is 15.0. The van der Waals surface area contributed by atoms with Crippen LogP contribution in [0.25, 0.3) is 16.9 Å². The highest BCUT2D eigenvalue weighted by Gasteiger charge is 2.15. The van der Waals surface area contributed by atoms with Gasteiger partial charge in [0.25, 0.3) is 0 Å². The van der Waals surface area contributed by atoms with Crippen molar-refractivity contribution in [3.05, 3.63) is 49.4 Å². The molecule has 0 amide bonds. The number of hydrogen-bond donors (Lipinski definition) is 0. The van der Waals surface area contributed by atoms with Crippen molar-refractivity contribution in [2.24, 2.45) is 0 Å². The van der Waals surface area contributed by atoms with E-state index in [-0.39, 0.29) is 0 Å². The molecule has 3 rings (SSSR count). The normalized spacial score (nSPS) is 11.2. The van der Waals surface area contributed by atoms with Gasteiger partial charge >= 0.3 is 0 Å². The molecule has 2 aromatic heterocycles. The van der Waals surface area contributed by atoms with E-state index in [1.165, 1.54) is 0 Å². The third-order valence-electron chi connectivity index (χ3n) is 3.00. The minimum Gasteiger partial charge on any atom is -0.280 e. The Bertz CT molecular complexity index is 819. The molecule has 0 radical (unpaired) electrons. The summed E-state index contributed by atoms with van der Waals surface area (Å²) >= 11 is 17.7. The number of rotatable bonds is 3. The summed E-state index contributed by atoms with van der Waals surface area (Å²) in [6.45, 7) is 0. The standard InChI is InChI=1S/C14H9BrCl2IN3/c15-8-5-11-14(19-7-8)21(13(20-11)3-4-16)12-2-1-9(17)6-10(12)18/h1-2,5-7H,3-4H2. The summed E-state index contributed by atoms with van der Waals surface area (Å²) in [5.74, 6) is 1.40. The molecule has 0 aliphatic rings. The largest absolute Gasteiger partial charge is 0.280 e. The molecule has 0 aliphatic carbocycles. The molecule has 0 aliphatic heterocycles. The number of halogens is 4. The summed E-state index contributed by atoms with van der Waals surface area (Å²) in [6.07, 6.45) is 2.45. The summed E-state index contributed by atoms with van der Waals surface area (Å²) in [5, 5.41) is 0.710. The molecule has 0 fully saturated rings. The van der Waals surface area contributed by atoms with Crippen molar-refractivity contribution >= 4 is 72.9 Å². The number of alkyl halides is 1. The quantitative estimate of drug-likeness (QED) is 0.367. The van der Waals surface area contributed by atoms with Crippen LogP contribution in [0.15, 0.2) is 34.9 Å². The van der Waals surface area contributed by atoms with Crippen LogP contribution in [0.1, 0.15) is 5.82 Å². The Kier molecular flexibility index (Phi) is 4.73. The molecule has 0 N–H and O–H groups in total. The molecule has 3 nitrogen and oxygen atoms in total. The molecule has 0 saturated heterocycles. The van der Waals surface area contributed by atoms with E-state index in [1.54, 1.807) is 6.20 Å². The van der Waals surface area contributed by atoms with Gasteiger partial charge in [0.1, 0.15) is 11.3 Å². The smallest absolute Gasteiger partial charge is 0.164 e. The van der Waals surface area contributed by atoms with E-state index < -0.39 is 0 Å². The highest BCUT2D eigenvalue weighted by Crippen LogP contribution is 2.27. The molecule has 108 valence electrons. The maximum Gasteiger partial charge on any atom is 0.164 e. The fourth-order valence-corrected chi connectivity index (χ4v) is 3.76. The molecule has 2 heterocycles. The van der Waals surface area contributed by atoms with Gasteiger partial charge in [-0.2, -0.15) is 0 Å². The maximum absolute atomic E-state index is 6.05. The number of fused-ring (bicyclic) bond motifs is 1. The summed E-state index contributed by atoms with van der Waals surface area (Å²) in [4.78, 5) is 9.15. The highest BCUT2D eigenvalue weighted by atomic mass is 127. The SMILES string of the molecule is ClCCc1nc2cc(Br)cnc2n1-c1ccc(Cl)cc1I. The number of aromatic nitrogens is 3. The van der Waals surface area contributed by atoms with E-state index >= 15 is 0 Å². The van der Waals surface area contributed by atoms with E-state index in [2.05, 4.69) is 48.5 Å². The number of benzene rings is 1. The first-order chi connectivity index (χ1) is 10.1. The van der Waals surface area contributed by atoms with Crippen LogP contribution >= 0.6 is 61.7 Å². The number of aryl methyl sites for hydroxylation is 1. The van der Waals surface area contributed by atoms with Gasteiger partial charge in [-0.25, -0.2) is 9.97 Å². The second-order valence-corrected chi connectivity index (χ2v) is 7.29. The molecule has 21 heavy (non-hydrogen) atoms. The summed E-state index contributed by atoms with van der Waals surface area (Å²) < 4.78 is 3.99. The third-order valence-corrected chi connectivity index (χ3v) is 4.72. The number of imidazole rings is 1. The molecule has 0 saturated carbocycles. The molecule has 0 unspecified atom stereocenters. The Hall–Kier alpha value is -0.370. The first kappa shape index (κ1) is 15.5. The Balaban J connectivity index is 2.30. The molecule has 3 aromatic rings. The van der Waals surface area contributed by atoms with E-state index in [0.717, 1.165) is 30.7 Å². The van der Waals surface area contributed by atoms with Crippen molar-refractivity contribution < 1.29 is 0 Å². The van der Waals surface area contributed by atoms with Gasteiger partial charge in [-0.05, 0) is 62.8 Å². The minimum absolute atomic E-state index is 0.509. The van der Waals surface area contributed by atoms with Crippen LogP contribution < -0.4 is 0 Å². The van der Waals surface area contributed by atoms with E-state index in [0.29, 0.717) is 17.3 Å². The lowest BCUT2D eigenvalue weighted by Gasteiger charge is -2.10. The van der Waals surface area contributed by atoms with Crippen LogP contribution in [-0.2, 0) is 6.42 Å². The topological polar surface area (TPSA) is 30.7 Å². The summed E-state index contributed by atoms with van der Waals surface area (Å²) in [6, 6.07) is 7.73. The third kappa shape index (κ3) is 3.06. The van der Waals surface area contributed by atoms with Crippen molar-refractivity contribution in [1.82, 2.24) is 14.5 Å². The molecule has 0 bridgehead atoms. The average Bonchev–Trinajstić information content (AvgIpc) is 2.76. The molecule has 0 atom stereocenters. The van der Waals surface area contributed by atoms with Gasteiger partial charge in [0.2, 0.25) is 0 Å². The second-order valence-electron chi connectivity index (χ2n) is 4.39. The number of pyridine rings is 1. The molecule has 1 aromatic carbocycles. The predicted molar refractivity (Wildman–Crippen MR) is 98.7 cm³/mol. The van der Waals surface area contributed by atoms with Crippen molar-refractivity contribution in [2.45, 2.75) is 6.42 Å². The van der Waals surface area contributed by atoms with E-state index in [1.807, 2.05) is 28.8 Å². The fraction of sp³-hybridized carbons (Fsp3) is 0.143. The van der Waals surface area contributed by atoms with Crippen molar-refractivity contribution in [3.8, 4) is 5.69 Å². The Morgan fingerprint density at radius 2 is 2.10 bits per heavy atom. The summed E-state index contributed by atoms with van der Waals surface area (Å²) in [7, 11) is 0. The van der Waals surface area contributed by atoms with Crippen LogP contribution in [0, 0.1) is 3.57 Å². The van der Waals surface area contributed by atoms with E-state index in [4.69, 9.17) is 23.2 Å². The minimum atomic E-state index is 0.509. The van der Waals surface area contributed by atoms with Gasteiger partial charge in [0.15, 0.2) is 5.65 Å². The Morgan fingerprint density at radius 3 is 2.81 bits per heavy atom. The first-order valence-corrected chi connectivity index (χ1v) is 8.93. The van der Waals surface area contributed by atoms with Gasteiger partial charge in [0, 0.05) is 31.6 Å². The first-order valence-electron chi connectivity index (χ1n) is 6.14. The molecule has 7 heteroatoms. The van der Waals surface area contributed by atoms with Crippen molar-refractivity contribution in [3.63, 3.8) is 0 Å². The van der Waals surface area contributed by atoms with Crippen LogP contribution in [-0.4, -0.2) is 20.4 Å². The molecule has 0 spiro atoms. The second kappa shape index (κ2) is 6.40. The zero-order valence-electron chi connectivity index (χ0n) is 10.7. The van der Waals surface area contributed by atoms with Gasteiger partial charge < -0.3 is 0 Å². The predicted octanol–water partition coefficient (Wildman–Crippen LogP) is 5.22. The number of hydrogen-bond acceptors (Lipinski definition) is 2. The van der Waals surface area contributed by atoms with Gasteiger partial charge in [0.05, 0.1) is 5.69 Å². The van der Waals surface area contributed by atoms with Crippen LogP contribution in [0.4, 0.5) is 0 Å². The van der Waals surface area contributed by atoms with Crippen molar-refractivity contribution in [2.75, 3.05) is 5.88 Å². The monoisotopic (exact) mass is 495 g/mol. The van der Waals surface area contributed by atoms with Crippen LogP contribution in [0.3, 0.4) is 0 Å². The van der Waals surface area contributed by atoms with Gasteiger partial charge in [-0.1, -0.05) is 11.6 Å². The summed E-state index contributed by atoms with van der Waals surface area (Å²) in [5.41, 5.74) is 2.67. The lowest BCUT2D eigenvalue weighted by Crippen LogP contribution is -2.04. The fourth-order valence-electron chi connectivity index (χ4n) is 2.16. The zero-order valence-corrected chi connectivity index (χ0v) is 15.9. The van der Waals surface area contributed by atoms with Crippen LogP contribution in [0.2, 0.25) is 5.02 Å². The average molecular weight is 497 g/mol. The van der Waals surface area contributed by atoms with Gasteiger partial charge in [-0.3, -0.25) is 4.57 Å². The lowest BCUT2D eigenvalue weighted by molar-refractivity contribution is 0.902. The van der Waals surface area contributed by atoms with Crippen molar-refractivity contribution in [1.29, 1.82) is 0 Å². The van der Waals surface area contributed by atoms with Gasteiger partial charge in [-0.15, -0.1) is 11.6 Å².